The number of amides is 2. The highest BCUT2D eigenvalue weighted by atomic mass is 35.5. The maximum Gasteiger partial charge on any atom is 0.278 e. The summed E-state index contributed by atoms with van der Waals surface area (Å²) in [5.41, 5.74) is 1.23. The van der Waals surface area contributed by atoms with Crippen molar-refractivity contribution in [3.63, 3.8) is 0 Å². The molecule has 2 aromatic carbocycles. The van der Waals surface area contributed by atoms with Crippen LogP contribution in [0.3, 0.4) is 0 Å². The van der Waals surface area contributed by atoms with Gasteiger partial charge in [0.25, 0.3) is 11.8 Å². The molecule has 31 heavy (non-hydrogen) atoms. The molecule has 0 radical (unpaired) electrons. The Morgan fingerprint density at radius 2 is 1.77 bits per heavy atom. The van der Waals surface area contributed by atoms with Gasteiger partial charge in [0, 0.05) is 23.7 Å². The molecule has 1 fully saturated rings. The molecule has 8 nitrogen and oxygen atoms in total. The van der Waals surface area contributed by atoms with Crippen LogP contribution in [0.5, 0.6) is 5.75 Å². The van der Waals surface area contributed by atoms with Crippen LogP contribution in [-0.4, -0.2) is 59.3 Å². The third-order valence-electron chi connectivity index (χ3n) is 4.65. The lowest BCUT2D eigenvalue weighted by Crippen LogP contribution is -2.42. The summed E-state index contributed by atoms with van der Waals surface area (Å²) in [6, 6.07) is 13.6. The first-order valence-electron chi connectivity index (χ1n) is 9.52. The van der Waals surface area contributed by atoms with Crippen molar-refractivity contribution in [1.29, 1.82) is 0 Å². The summed E-state index contributed by atoms with van der Waals surface area (Å²) in [4.78, 5) is 31.7. The Morgan fingerprint density at radius 1 is 1.10 bits per heavy atom. The standard InChI is InChI=1S/C21H19ClN4O4S/c1-29-17-8-2-14(3-9-17)19(27)23-20-18(21(28)25-10-12-30-13-11-25)24-26(31-20)16-6-4-15(22)5-7-16/h2-9H,10-13H2,1H3. The molecular formula is C21H19ClN4O4S. The zero-order valence-electron chi connectivity index (χ0n) is 16.7. The minimum Gasteiger partial charge on any atom is -0.497 e. The van der Waals surface area contributed by atoms with E-state index in [0.29, 0.717) is 48.3 Å². The van der Waals surface area contributed by atoms with Crippen LogP contribution in [0.2, 0.25) is 5.02 Å². The SMILES string of the molecule is COc1ccc(C(=O)N=c2sn(-c3ccc(Cl)cc3)nc2C(=O)N2CCOCC2)cc1. The number of rotatable bonds is 4. The van der Waals surface area contributed by atoms with Crippen molar-refractivity contribution >= 4 is 34.9 Å². The maximum atomic E-state index is 13.1. The van der Waals surface area contributed by atoms with Crippen LogP contribution in [0, 0.1) is 0 Å². The fourth-order valence-corrected chi connectivity index (χ4v) is 3.95. The highest BCUT2D eigenvalue weighted by molar-refractivity contribution is 7.04. The Morgan fingerprint density at radius 3 is 2.42 bits per heavy atom. The lowest BCUT2D eigenvalue weighted by Gasteiger charge is -2.25. The van der Waals surface area contributed by atoms with E-state index < -0.39 is 5.91 Å². The molecule has 2 amide bonds. The number of carbonyl (C=O) groups excluding carboxylic acids is 2. The van der Waals surface area contributed by atoms with Gasteiger partial charge in [-0.15, -0.1) is 5.10 Å². The van der Waals surface area contributed by atoms with Gasteiger partial charge in [0.05, 0.1) is 26.0 Å². The number of hydrogen-bond acceptors (Lipinski definition) is 6. The molecule has 160 valence electrons. The number of nitrogens with zero attached hydrogens (tertiary/aromatic N) is 4. The van der Waals surface area contributed by atoms with Crippen LogP contribution >= 0.6 is 23.1 Å². The summed E-state index contributed by atoms with van der Waals surface area (Å²) in [6.07, 6.45) is 0. The largest absolute Gasteiger partial charge is 0.497 e. The zero-order chi connectivity index (χ0) is 21.8. The number of morpholine rings is 1. The van der Waals surface area contributed by atoms with Gasteiger partial charge in [-0.25, -0.2) is 0 Å². The molecule has 0 N–H and O–H groups in total. The number of benzene rings is 2. The average molecular weight is 459 g/mol. The topological polar surface area (TPSA) is 86.0 Å². The van der Waals surface area contributed by atoms with Gasteiger partial charge in [0.2, 0.25) is 0 Å². The van der Waals surface area contributed by atoms with Crippen molar-refractivity contribution in [2.75, 3.05) is 33.4 Å². The summed E-state index contributed by atoms with van der Waals surface area (Å²) >= 11 is 7.09. The van der Waals surface area contributed by atoms with Gasteiger partial charge >= 0.3 is 0 Å². The van der Waals surface area contributed by atoms with Gasteiger partial charge in [-0.3, -0.25) is 9.59 Å². The smallest absolute Gasteiger partial charge is 0.278 e. The molecular weight excluding hydrogens is 440 g/mol. The summed E-state index contributed by atoms with van der Waals surface area (Å²) in [5.74, 6) is -0.114. The Labute approximate surface area is 187 Å². The Bertz CT molecular complexity index is 1150. The van der Waals surface area contributed by atoms with E-state index in [1.54, 1.807) is 64.6 Å². The first kappa shape index (κ1) is 21.2. The van der Waals surface area contributed by atoms with E-state index in [9.17, 15) is 9.59 Å². The molecule has 2 heterocycles. The van der Waals surface area contributed by atoms with Crippen molar-refractivity contribution in [2.24, 2.45) is 4.99 Å². The predicted molar refractivity (Wildman–Crippen MR) is 116 cm³/mol. The number of ether oxygens (including phenoxy) is 2. The molecule has 0 unspecified atom stereocenters. The van der Waals surface area contributed by atoms with Crippen LogP contribution in [0.15, 0.2) is 53.5 Å². The fraction of sp³-hybridized carbons (Fsp3) is 0.238. The van der Waals surface area contributed by atoms with Crippen LogP contribution in [0.1, 0.15) is 20.8 Å². The van der Waals surface area contributed by atoms with Crippen LogP contribution < -0.4 is 9.41 Å². The molecule has 10 heteroatoms. The molecule has 1 saturated heterocycles. The normalized spacial score (nSPS) is 14.5. The average Bonchev–Trinajstić information content (AvgIpc) is 3.23. The molecule has 1 aliphatic heterocycles. The second-order valence-electron chi connectivity index (χ2n) is 6.64. The second-order valence-corrected chi connectivity index (χ2v) is 8.00. The van der Waals surface area contributed by atoms with Crippen molar-refractivity contribution in [1.82, 2.24) is 14.1 Å². The molecule has 1 aromatic heterocycles. The van der Waals surface area contributed by atoms with Crippen molar-refractivity contribution in [3.05, 3.63) is 69.5 Å². The number of methoxy groups -OCH3 is 1. The molecule has 0 spiro atoms. The molecule has 3 aromatic rings. The number of halogens is 1. The van der Waals surface area contributed by atoms with E-state index in [1.807, 2.05) is 0 Å². The van der Waals surface area contributed by atoms with E-state index in [0.717, 1.165) is 11.5 Å². The van der Waals surface area contributed by atoms with Gasteiger partial charge in [0.1, 0.15) is 5.75 Å². The van der Waals surface area contributed by atoms with Gasteiger partial charge in [0.15, 0.2) is 10.4 Å². The molecule has 4 rings (SSSR count). The highest BCUT2D eigenvalue weighted by Gasteiger charge is 2.24. The van der Waals surface area contributed by atoms with Crippen LogP contribution in [0.4, 0.5) is 0 Å². The summed E-state index contributed by atoms with van der Waals surface area (Å²) in [5, 5.41) is 5.04. The quantitative estimate of drug-likeness (QED) is 0.600. The third kappa shape index (κ3) is 4.84. The van der Waals surface area contributed by atoms with Crippen molar-refractivity contribution < 1.29 is 19.1 Å². The monoisotopic (exact) mass is 458 g/mol. The maximum absolute atomic E-state index is 13.1. The van der Waals surface area contributed by atoms with Crippen molar-refractivity contribution in [3.8, 4) is 11.4 Å². The minimum atomic E-state index is -0.467. The number of aromatic nitrogens is 2. The fourth-order valence-electron chi connectivity index (χ4n) is 2.97. The summed E-state index contributed by atoms with van der Waals surface area (Å²) in [6.45, 7) is 1.85. The zero-order valence-corrected chi connectivity index (χ0v) is 18.2. The van der Waals surface area contributed by atoms with E-state index in [1.165, 1.54) is 0 Å². The van der Waals surface area contributed by atoms with E-state index in [-0.39, 0.29) is 16.3 Å². The van der Waals surface area contributed by atoms with E-state index >= 15 is 0 Å². The van der Waals surface area contributed by atoms with Gasteiger partial charge in [-0.05, 0) is 60.1 Å². The third-order valence-corrected chi connectivity index (χ3v) is 5.83. The summed E-state index contributed by atoms with van der Waals surface area (Å²) in [7, 11) is 1.55. The van der Waals surface area contributed by atoms with Gasteiger partial charge in [-0.1, -0.05) is 11.6 Å². The Balaban J connectivity index is 1.74. The Kier molecular flexibility index (Phi) is 6.45. The van der Waals surface area contributed by atoms with Gasteiger partial charge < -0.3 is 14.4 Å². The first-order chi connectivity index (χ1) is 15.0. The van der Waals surface area contributed by atoms with Crippen LogP contribution in [-0.2, 0) is 4.74 Å². The Hall–Kier alpha value is -3.01. The lowest BCUT2D eigenvalue weighted by atomic mass is 10.2. The van der Waals surface area contributed by atoms with Gasteiger partial charge in [-0.2, -0.15) is 9.06 Å². The molecule has 0 atom stereocenters. The second kappa shape index (κ2) is 9.42. The number of hydrogen-bond donors (Lipinski definition) is 0. The molecule has 1 aliphatic rings. The first-order valence-corrected chi connectivity index (χ1v) is 10.7. The molecule has 0 bridgehead atoms. The van der Waals surface area contributed by atoms with E-state index in [2.05, 4.69) is 10.1 Å². The highest BCUT2D eigenvalue weighted by Crippen LogP contribution is 2.16. The van der Waals surface area contributed by atoms with E-state index in [4.69, 9.17) is 21.1 Å². The summed E-state index contributed by atoms with van der Waals surface area (Å²) < 4.78 is 12.3. The predicted octanol–water partition coefficient (Wildman–Crippen LogP) is 2.81. The molecule has 0 saturated carbocycles. The van der Waals surface area contributed by atoms with Crippen LogP contribution in [0.25, 0.3) is 5.69 Å². The minimum absolute atomic E-state index is 0.128. The van der Waals surface area contributed by atoms with Crippen molar-refractivity contribution in [2.45, 2.75) is 0 Å². The molecule has 0 aliphatic carbocycles. The lowest BCUT2D eigenvalue weighted by molar-refractivity contribution is 0.0297. The number of carbonyl (C=O) groups is 2.